The Labute approximate surface area is 179 Å². The maximum absolute atomic E-state index is 13.2. The average molecular weight is 426 g/mol. The fourth-order valence-electron chi connectivity index (χ4n) is 3.15. The molecule has 31 heavy (non-hydrogen) atoms. The number of methoxy groups -OCH3 is 4. The summed E-state index contributed by atoms with van der Waals surface area (Å²) >= 11 is 0. The highest BCUT2D eigenvalue weighted by molar-refractivity contribution is 6.39. The molecule has 2 aromatic rings. The summed E-state index contributed by atoms with van der Waals surface area (Å²) in [5.74, 6) is 0.0890. The second-order valence-electron chi connectivity index (χ2n) is 6.56. The third-order valence-electron chi connectivity index (χ3n) is 4.80. The van der Waals surface area contributed by atoms with E-state index in [0.717, 1.165) is 10.5 Å². The lowest BCUT2D eigenvalue weighted by Gasteiger charge is -2.27. The Morgan fingerprint density at radius 2 is 1.48 bits per heavy atom. The number of hydrogen-bond acceptors (Lipinski definition) is 7. The zero-order valence-corrected chi connectivity index (χ0v) is 17.8. The zero-order chi connectivity index (χ0) is 22.7. The number of rotatable bonds is 6. The average Bonchev–Trinajstić information content (AvgIpc) is 2.77. The molecule has 9 heteroatoms. The van der Waals surface area contributed by atoms with Crippen LogP contribution in [0.15, 0.2) is 35.9 Å². The monoisotopic (exact) mass is 426 g/mol. The first-order valence-electron chi connectivity index (χ1n) is 9.20. The molecule has 1 N–H and O–H groups in total. The Kier molecular flexibility index (Phi) is 6.15. The highest BCUT2D eigenvalue weighted by Crippen LogP contribution is 2.35. The highest BCUT2D eigenvalue weighted by atomic mass is 16.5. The third-order valence-corrected chi connectivity index (χ3v) is 4.80. The summed E-state index contributed by atoms with van der Waals surface area (Å²) in [6, 6.07) is 7.12. The molecule has 0 radical (unpaired) electrons. The minimum Gasteiger partial charge on any atom is -0.497 e. The van der Waals surface area contributed by atoms with Crippen molar-refractivity contribution in [3.63, 3.8) is 0 Å². The summed E-state index contributed by atoms with van der Waals surface area (Å²) in [6.07, 6.45) is 1.41. The number of ether oxygens (including phenoxy) is 4. The van der Waals surface area contributed by atoms with Gasteiger partial charge in [-0.25, -0.2) is 9.69 Å². The van der Waals surface area contributed by atoms with E-state index in [9.17, 15) is 14.4 Å². The van der Waals surface area contributed by atoms with Gasteiger partial charge in [0.2, 0.25) is 0 Å². The van der Waals surface area contributed by atoms with Crippen molar-refractivity contribution >= 4 is 29.6 Å². The molecule has 4 amide bonds. The SMILES string of the molecule is COc1ccc(N2C(=O)NC(=O)/C(=C\c3cc(OC)c(OC)cc3C)C2=O)c(OC)c1. The number of urea groups is 1. The molecule has 3 rings (SSSR count). The second kappa shape index (κ2) is 8.78. The molecule has 1 heterocycles. The van der Waals surface area contributed by atoms with Gasteiger partial charge in [-0.2, -0.15) is 0 Å². The lowest BCUT2D eigenvalue weighted by Crippen LogP contribution is -2.54. The summed E-state index contributed by atoms with van der Waals surface area (Å²) in [4.78, 5) is 39.0. The minimum absolute atomic E-state index is 0.174. The summed E-state index contributed by atoms with van der Waals surface area (Å²) in [7, 11) is 5.88. The largest absolute Gasteiger partial charge is 0.497 e. The summed E-state index contributed by atoms with van der Waals surface area (Å²) in [5, 5.41) is 2.20. The van der Waals surface area contributed by atoms with Gasteiger partial charge in [0.15, 0.2) is 11.5 Å². The van der Waals surface area contributed by atoms with Crippen molar-refractivity contribution in [2.24, 2.45) is 0 Å². The van der Waals surface area contributed by atoms with Crippen LogP contribution < -0.4 is 29.2 Å². The van der Waals surface area contributed by atoms with Gasteiger partial charge in [-0.15, -0.1) is 0 Å². The van der Waals surface area contributed by atoms with Crippen molar-refractivity contribution in [3.05, 3.63) is 47.0 Å². The molecular weight excluding hydrogens is 404 g/mol. The Morgan fingerprint density at radius 1 is 0.839 bits per heavy atom. The van der Waals surface area contributed by atoms with Crippen molar-refractivity contribution in [2.45, 2.75) is 6.92 Å². The first-order valence-corrected chi connectivity index (χ1v) is 9.20. The number of nitrogens with zero attached hydrogens (tertiary/aromatic N) is 1. The zero-order valence-electron chi connectivity index (χ0n) is 17.8. The van der Waals surface area contributed by atoms with Gasteiger partial charge in [-0.05, 0) is 48.4 Å². The normalized spacial score (nSPS) is 15.1. The van der Waals surface area contributed by atoms with E-state index >= 15 is 0 Å². The number of hydrogen-bond donors (Lipinski definition) is 1. The molecule has 1 aliphatic rings. The van der Waals surface area contributed by atoms with E-state index in [1.807, 2.05) is 0 Å². The first kappa shape index (κ1) is 21.7. The summed E-state index contributed by atoms with van der Waals surface area (Å²) < 4.78 is 21.0. The number of anilines is 1. The number of barbiturate groups is 1. The molecule has 2 aromatic carbocycles. The molecule has 1 aliphatic heterocycles. The fourth-order valence-corrected chi connectivity index (χ4v) is 3.15. The van der Waals surface area contributed by atoms with Gasteiger partial charge in [0.25, 0.3) is 11.8 Å². The van der Waals surface area contributed by atoms with Crippen molar-refractivity contribution in [2.75, 3.05) is 33.3 Å². The van der Waals surface area contributed by atoms with Crippen LogP contribution in [-0.2, 0) is 9.59 Å². The van der Waals surface area contributed by atoms with Crippen molar-refractivity contribution in [1.29, 1.82) is 0 Å². The van der Waals surface area contributed by atoms with Crippen molar-refractivity contribution in [1.82, 2.24) is 5.32 Å². The van der Waals surface area contributed by atoms with Gasteiger partial charge in [-0.1, -0.05) is 0 Å². The number of carbonyl (C=O) groups excluding carboxylic acids is 3. The van der Waals surface area contributed by atoms with Crippen LogP contribution in [0, 0.1) is 6.92 Å². The molecule has 162 valence electrons. The number of carbonyl (C=O) groups is 3. The third kappa shape index (κ3) is 4.02. The quantitative estimate of drug-likeness (QED) is 0.559. The lowest BCUT2D eigenvalue weighted by atomic mass is 10.0. The van der Waals surface area contributed by atoms with E-state index < -0.39 is 17.8 Å². The molecule has 1 saturated heterocycles. The van der Waals surface area contributed by atoms with Crippen LogP contribution in [0.25, 0.3) is 6.08 Å². The van der Waals surface area contributed by atoms with Gasteiger partial charge < -0.3 is 18.9 Å². The molecule has 1 fully saturated rings. The second-order valence-corrected chi connectivity index (χ2v) is 6.56. The molecule has 0 aliphatic carbocycles. The van der Waals surface area contributed by atoms with Gasteiger partial charge in [-0.3, -0.25) is 14.9 Å². The van der Waals surface area contributed by atoms with E-state index in [-0.39, 0.29) is 17.0 Å². The van der Waals surface area contributed by atoms with E-state index in [1.54, 1.807) is 25.1 Å². The van der Waals surface area contributed by atoms with E-state index in [2.05, 4.69) is 5.32 Å². The number of imide groups is 2. The number of benzene rings is 2. The van der Waals surface area contributed by atoms with Gasteiger partial charge in [0.1, 0.15) is 17.1 Å². The van der Waals surface area contributed by atoms with Crippen LogP contribution in [0.1, 0.15) is 11.1 Å². The minimum atomic E-state index is -0.875. The highest BCUT2D eigenvalue weighted by Gasteiger charge is 2.38. The van der Waals surface area contributed by atoms with Crippen LogP contribution in [0.4, 0.5) is 10.5 Å². The first-order chi connectivity index (χ1) is 14.8. The van der Waals surface area contributed by atoms with E-state index in [4.69, 9.17) is 18.9 Å². The molecular formula is C22H22N2O7. The number of aryl methyl sites for hydroxylation is 1. The fraction of sp³-hybridized carbons (Fsp3) is 0.227. The topological polar surface area (TPSA) is 103 Å². The van der Waals surface area contributed by atoms with Gasteiger partial charge in [0, 0.05) is 6.07 Å². The Balaban J connectivity index is 2.09. The maximum Gasteiger partial charge on any atom is 0.336 e. The Morgan fingerprint density at radius 3 is 2.10 bits per heavy atom. The van der Waals surface area contributed by atoms with Crippen molar-refractivity contribution in [3.8, 4) is 23.0 Å². The summed E-state index contributed by atoms with van der Waals surface area (Å²) in [6.45, 7) is 1.80. The number of amides is 4. The smallest absolute Gasteiger partial charge is 0.336 e. The predicted molar refractivity (Wildman–Crippen MR) is 113 cm³/mol. The molecule has 9 nitrogen and oxygen atoms in total. The molecule has 0 unspecified atom stereocenters. The lowest BCUT2D eigenvalue weighted by molar-refractivity contribution is -0.122. The standard InChI is InChI=1S/C22H22N2O7/c1-12-8-18(30-4)19(31-5)10-13(12)9-15-20(25)23-22(27)24(21(15)26)16-7-6-14(28-2)11-17(16)29-3/h6-11H,1-5H3,(H,23,25,27)/b15-9+. The Bertz CT molecular complexity index is 1090. The van der Waals surface area contributed by atoms with Crippen LogP contribution in [0.2, 0.25) is 0 Å². The van der Waals surface area contributed by atoms with Crippen molar-refractivity contribution < 1.29 is 33.3 Å². The van der Waals surface area contributed by atoms with E-state index in [0.29, 0.717) is 22.8 Å². The van der Waals surface area contributed by atoms with Gasteiger partial charge >= 0.3 is 6.03 Å². The van der Waals surface area contributed by atoms with Crippen LogP contribution in [0.3, 0.4) is 0 Å². The van der Waals surface area contributed by atoms with Crippen LogP contribution in [0.5, 0.6) is 23.0 Å². The number of nitrogens with one attached hydrogen (secondary N) is 1. The van der Waals surface area contributed by atoms with Crippen LogP contribution in [-0.4, -0.2) is 46.3 Å². The van der Waals surface area contributed by atoms with Gasteiger partial charge in [0.05, 0.1) is 34.1 Å². The van der Waals surface area contributed by atoms with Crippen LogP contribution >= 0.6 is 0 Å². The predicted octanol–water partition coefficient (Wildman–Crippen LogP) is 2.70. The Hall–Kier alpha value is -4.01. The maximum atomic E-state index is 13.2. The molecule has 0 atom stereocenters. The molecule has 0 bridgehead atoms. The summed E-state index contributed by atoms with van der Waals surface area (Å²) in [5.41, 5.74) is 1.27. The molecule has 0 aromatic heterocycles. The molecule has 0 spiro atoms. The molecule has 0 saturated carbocycles. The van der Waals surface area contributed by atoms with E-state index in [1.165, 1.54) is 46.6 Å².